The maximum Gasteiger partial charge on any atom is 0.254 e. The molecule has 1 amide bonds. The highest BCUT2D eigenvalue weighted by atomic mass is 32.2. The van der Waals surface area contributed by atoms with Crippen LogP contribution in [-0.2, 0) is 14.6 Å². The van der Waals surface area contributed by atoms with Crippen LogP contribution in [0.3, 0.4) is 0 Å². The van der Waals surface area contributed by atoms with E-state index in [2.05, 4.69) is 0 Å². The quantitative estimate of drug-likeness (QED) is 0.864. The first-order valence-corrected chi connectivity index (χ1v) is 8.54. The summed E-state index contributed by atoms with van der Waals surface area (Å²) in [6, 6.07) is 4.12. The van der Waals surface area contributed by atoms with Gasteiger partial charge in [0.15, 0.2) is 9.84 Å². The van der Waals surface area contributed by atoms with Crippen LogP contribution in [0.15, 0.2) is 23.1 Å². The number of morpholine rings is 1. The average molecular weight is 313 g/mol. The number of carbonyl (C=O) groups is 1. The van der Waals surface area contributed by atoms with E-state index >= 15 is 0 Å². The summed E-state index contributed by atoms with van der Waals surface area (Å²) in [5, 5.41) is 9.34. The van der Waals surface area contributed by atoms with Gasteiger partial charge in [-0.15, -0.1) is 0 Å². The van der Waals surface area contributed by atoms with E-state index in [0.717, 1.165) is 6.26 Å². The van der Waals surface area contributed by atoms with Crippen molar-refractivity contribution < 1.29 is 23.1 Å². The Kier molecular flexibility index (Phi) is 4.65. The predicted octanol–water partition coefficient (Wildman–Crippen LogP) is 0.232. The lowest BCUT2D eigenvalue weighted by molar-refractivity contribution is -0.0184. The molecule has 21 heavy (non-hydrogen) atoms. The molecule has 1 saturated heterocycles. The van der Waals surface area contributed by atoms with Crippen LogP contribution in [0.2, 0.25) is 0 Å². The van der Waals surface area contributed by atoms with Gasteiger partial charge in [0.25, 0.3) is 5.91 Å². The number of hydrogen-bond acceptors (Lipinski definition) is 5. The molecule has 1 unspecified atom stereocenters. The Hall–Kier alpha value is -1.44. The summed E-state index contributed by atoms with van der Waals surface area (Å²) in [6.45, 7) is 2.65. The number of aliphatic hydroxyl groups excluding tert-OH is 1. The number of ether oxygens (including phenoxy) is 1. The molecule has 116 valence electrons. The van der Waals surface area contributed by atoms with Crippen LogP contribution in [0.5, 0.6) is 0 Å². The Morgan fingerprint density at radius 3 is 2.81 bits per heavy atom. The highest BCUT2D eigenvalue weighted by Crippen LogP contribution is 2.19. The van der Waals surface area contributed by atoms with Crippen molar-refractivity contribution in [2.24, 2.45) is 0 Å². The fourth-order valence-electron chi connectivity index (χ4n) is 2.29. The van der Waals surface area contributed by atoms with Gasteiger partial charge in [-0.3, -0.25) is 4.79 Å². The first-order valence-electron chi connectivity index (χ1n) is 6.65. The minimum Gasteiger partial charge on any atom is -0.394 e. The summed E-state index contributed by atoms with van der Waals surface area (Å²) in [7, 11) is -3.37. The van der Waals surface area contributed by atoms with Crippen molar-refractivity contribution in [3.8, 4) is 0 Å². The standard InChI is InChI=1S/C14H19NO5S/c1-10-3-4-12(21(2,18)19)7-13(10)14(17)15-5-6-20-9-11(15)8-16/h3-4,7,11,16H,5-6,8-9H2,1-2H3. The van der Waals surface area contributed by atoms with E-state index in [1.54, 1.807) is 13.0 Å². The molecule has 1 aromatic rings. The van der Waals surface area contributed by atoms with Gasteiger partial charge in [0, 0.05) is 18.4 Å². The summed E-state index contributed by atoms with van der Waals surface area (Å²) in [5.41, 5.74) is 1.05. The van der Waals surface area contributed by atoms with Gasteiger partial charge < -0.3 is 14.7 Å². The van der Waals surface area contributed by atoms with E-state index in [9.17, 15) is 18.3 Å². The van der Waals surface area contributed by atoms with Crippen LogP contribution in [0.25, 0.3) is 0 Å². The summed E-state index contributed by atoms with van der Waals surface area (Å²) in [4.78, 5) is 14.3. The monoisotopic (exact) mass is 313 g/mol. The van der Waals surface area contributed by atoms with E-state index in [0.29, 0.717) is 24.3 Å². The SMILES string of the molecule is Cc1ccc(S(C)(=O)=O)cc1C(=O)N1CCOCC1CO. The van der Waals surface area contributed by atoms with Crippen LogP contribution in [0.4, 0.5) is 0 Å². The normalized spacial score (nSPS) is 19.6. The molecule has 2 rings (SSSR count). The zero-order chi connectivity index (χ0) is 15.6. The van der Waals surface area contributed by atoms with Crippen LogP contribution >= 0.6 is 0 Å². The largest absolute Gasteiger partial charge is 0.394 e. The van der Waals surface area contributed by atoms with Crippen LogP contribution in [0, 0.1) is 6.92 Å². The maximum absolute atomic E-state index is 12.6. The molecule has 1 N–H and O–H groups in total. The molecule has 0 saturated carbocycles. The third-order valence-corrected chi connectivity index (χ3v) is 4.68. The summed E-state index contributed by atoms with van der Waals surface area (Å²) < 4.78 is 28.5. The molecule has 1 fully saturated rings. The Bertz CT molecular complexity index is 641. The first-order chi connectivity index (χ1) is 9.84. The zero-order valence-corrected chi connectivity index (χ0v) is 12.9. The first kappa shape index (κ1) is 15.9. The molecule has 0 aliphatic carbocycles. The van der Waals surface area contributed by atoms with E-state index in [4.69, 9.17) is 4.74 Å². The number of amides is 1. The Morgan fingerprint density at radius 2 is 2.19 bits per heavy atom. The molecular formula is C14H19NO5S. The third-order valence-electron chi connectivity index (χ3n) is 3.57. The van der Waals surface area contributed by atoms with E-state index < -0.39 is 15.9 Å². The van der Waals surface area contributed by atoms with E-state index in [-0.39, 0.29) is 24.0 Å². The van der Waals surface area contributed by atoms with Crippen molar-refractivity contribution in [1.29, 1.82) is 0 Å². The fraction of sp³-hybridized carbons (Fsp3) is 0.500. The predicted molar refractivity (Wildman–Crippen MR) is 77.0 cm³/mol. The van der Waals surface area contributed by atoms with Crippen LogP contribution in [-0.4, -0.2) is 63.0 Å². The molecule has 1 heterocycles. The number of nitrogens with zero attached hydrogens (tertiary/aromatic N) is 1. The molecule has 1 atom stereocenters. The van der Waals surface area contributed by atoms with Crippen LogP contribution in [0.1, 0.15) is 15.9 Å². The smallest absolute Gasteiger partial charge is 0.254 e. The number of hydrogen-bond donors (Lipinski definition) is 1. The maximum atomic E-state index is 12.6. The Morgan fingerprint density at radius 1 is 1.48 bits per heavy atom. The summed E-state index contributed by atoms with van der Waals surface area (Å²) in [5.74, 6) is -0.277. The Balaban J connectivity index is 2.38. The number of benzene rings is 1. The summed E-state index contributed by atoms with van der Waals surface area (Å²) >= 11 is 0. The van der Waals surface area contributed by atoms with Crippen LogP contribution < -0.4 is 0 Å². The fourth-order valence-corrected chi connectivity index (χ4v) is 2.94. The van der Waals surface area contributed by atoms with Gasteiger partial charge in [-0.2, -0.15) is 0 Å². The lowest BCUT2D eigenvalue weighted by Crippen LogP contribution is -2.50. The van der Waals surface area contributed by atoms with Crippen molar-refractivity contribution in [2.45, 2.75) is 17.9 Å². The van der Waals surface area contributed by atoms with Crippen molar-refractivity contribution in [3.63, 3.8) is 0 Å². The molecule has 0 radical (unpaired) electrons. The molecule has 0 bridgehead atoms. The summed E-state index contributed by atoms with van der Waals surface area (Å²) in [6.07, 6.45) is 1.11. The highest BCUT2D eigenvalue weighted by molar-refractivity contribution is 7.90. The van der Waals surface area contributed by atoms with Gasteiger partial charge in [0.2, 0.25) is 0 Å². The number of sulfone groups is 1. The van der Waals surface area contributed by atoms with E-state index in [1.165, 1.54) is 17.0 Å². The van der Waals surface area contributed by atoms with Gasteiger partial charge in [0.1, 0.15) is 0 Å². The Labute approximate surface area is 124 Å². The minimum atomic E-state index is -3.37. The zero-order valence-electron chi connectivity index (χ0n) is 12.1. The number of aryl methyl sites for hydroxylation is 1. The third kappa shape index (κ3) is 3.42. The second-order valence-corrected chi connectivity index (χ2v) is 7.17. The molecule has 1 aromatic carbocycles. The van der Waals surface area contributed by atoms with Crippen molar-refractivity contribution >= 4 is 15.7 Å². The molecule has 0 aromatic heterocycles. The molecule has 7 heteroatoms. The van der Waals surface area contributed by atoms with Crippen molar-refractivity contribution in [2.75, 3.05) is 32.6 Å². The number of carbonyl (C=O) groups excluding carboxylic acids is 1. The van der Waals surface area contributed by atoms with Gasteiger partial charge in [0.05, 0.1) is 30.8 Å². The number of rotatable bonds is 3. The van der Waals surface area contributed by atoms with Crippen molar-refractivity contribution in [3.05, 3.63) is 29.3 Å². The minimum absolute atomic E-state index is 0.116. The van der Waals surface area contributed by atoms with Gasteiger partial charge in [-0.25, -0.2) is 8.42 Å². The lowest BCUT2D eigenvalue weighted by atomic mass is 10.1. The molecule has 1 aliphatic rings. The van der Waals surface area contributed by atoms with E-state index in [1.807, 2.05) is 0 Å². The topological polar surface area (TPSA) is 83.9 Å². The van der Waals surface area contributed by atoms with Gasteiger partial charge in [-0.05, 0) is 24.6 Å². The molecule has 1 aliphatic heterocycles. The second-order valence-electron chi connectivity index (χ2n) is 5.16. The second kappa shape index (κ2) is 6.13. The lowest BCUT2D eigenvalue weighted by Gasteiger charge is -2.34. The van der Waals surface area contributed by atoms with Gasteiger partial charge in [-0.1, -0.05) is 6.07 Å². The number of aliphatic hydroxyl groups is 1. The van der Waals surface area contributed by atoms with Gasteiger partial charge >= 0.3 is 0 Å². The van der Waals surface area contributed by atoms with Crippen molar-refractivity contribution in [1.82, 2.24) is 4.90 Å². The molecular weight excluding hydrogens is 294 g/mol. The molecule has 0 spiro atoms. The highest BCUT2D eigenvalue weighted by Gasteiger charge is 2.28. The average Bonchev–Trinajstić information content (AvgIpc) is 2.45. The molecule has 6 nitrogen and oxygen atoms in total.